The maximum atomic E-state index is 5.68. The van der Waals surface area contributed by atoms with Gasteiger partial charge in [0.2, 0.25) is 0 Å². The molecule has 0 radical (unpaired) electrons. The van der Waals surface area contributed by atoms with Crippen LogP contribution in [-0.2, 0) is 0 Å². The molecular weight excluding hydrogens is 184 g/mol. The van der Waals surface area contributed by atoms with E-state index >= 15 is 0 Å². The summed E-state index contributed by atoms with van der Waals surface area (Å²) < 4.78 is 0. The lowest BCUT2D eigenvalue weighted by atomic mass is 9.90. The van der Waals surface area contributed by atoms with Gasteiger partial charge in [-0.3, -0.25) is 0 Å². The molecule has 0 unspecified atom stereocenters. The Balaban J connectivity index is 2.35. The van der Waals surface area contributed by atoms with E-state index in [-0.39, 0.29) is 5.41 Å². The summed E-state index contributed by atoms with van der Waals surface area (Å²) in [6, 6.07) is 8.47. The average Bonchev–Trinajstić information content (AvgIpc) is 2.21. The molecule has 1 aromatic carbocycles. The first-order valence-electron chi connectivity index (χ1n) is 5.54. The smallest absolute Gasteiger partial charge is 0.0340 e. The Labute approximate surface area is 92.9 Å². The molecule has 0 heterocycles. The predicted molar refractivity (Wildman–Crippen MR) is 67.1 cm³/mol. The van der Waals surface area contributed by atoms with Gasteiger partial charge in [0, 0.05) is 12.2 Å². The van der Waals surface area contributed by atoms with Crippen LogP contribution < -0.4 is 11.1 Å². The summed E-state index contributed by atoms with van der Waals surface area (Å²) in [6.45, 7) is 8.21. The van der Waals surface area contributed by atoms with E-state index in [9.17, 15) is 0 Å². The molecule has 1 rings (SSSR count). The zero-order chi connectivity index (χ0) is 11.3. The van der Waals surface area contributed by atoms with Crippen LogP contribution in [0.1, 0.15) is 25.8 Å². The number of rotatable bonds is 5. The molecule has 0 fully saturated rings. The van der Waals surface area contributed by atoms with E-state index in [0.29, 0.717) is 0 Å². The van der Waals surface area contributed by atoms with E-state index in [0.717, 1.165) is 19.5 Å². The van der Waals surface area contributed by atoms with Crippen molar-refractivity contribution >= 4 is 5.69 Å². The lowest BCUT2D eigenvalue weighted by molar-refractivity contribution is 0.358. The Morgan fingerprint density at radius 2 is 1.80 bits per heavy atom. The van der Waals surface area contributed by atoms with Crippen LogP contribution in [0.5, 0.6) is 0 Å². The van der Waals surface area contributed by atoms with Crippen molar-refractivity contribution < 1.29 is 0 Å². The summed E-state index contributed by atoms with van der Waals surface area (Å²) >= 11 is 0. The summed E-state index contributed by atoms with van der Waals surface area (Å²) in [7, 11) is 0. The molecule has 0 saturated carbocycles. The third-order valence-electron chi connectivity index (χ3n) is 2.74. The van der Waals surface area contributed by atoms with Crippen molar-refractivity contribution in [3.05, 3.63) is 29.8 Å². The highest BCUT2D eigenvalue weighted by Crippen LogP contribution is 2.18. The Morgan fingerprint density at radius 3 is 2.33 bits per heavy atom. The number of nitrogens with one attached hydrogen (secondary N) is 1. The van der Waals surface area contributed by atoms with Crippen molar-refractivity contribution in [1.82, 2.24) is 0 Å². The van der Waals surface area contributed by atoms with Crippen LogP contribution in [0.3, 0.4) is 0 Å². The molecule has 0 aliphatic carbocycles. The highest BCUT2D eigenvalue weighted by Gasteiger charge is 2.14. The molecule has 0 saturated heterocycles. The fraction of sp³-hybridized carbons (Fsp3) is 0.538. The number of hydrogen-bond donors (Lipinski definition) is 2. The number of hydrogen-bond acceptors (Lipinski definition) is 2. The minimum atomic E-state index is 0.234. The molecule has 1 aromatic rings. The van der Waals surface area contributed by atoms with E-state index < -0.39 is 0 Å². The van der Waals surface area contributed by atoms with Crippen molar-refractivity contribution in [3.63, 3.8) is 0 Å². The van der Waals surface area contributed by atoms with Gasteiger partial charge in [0.1, 0.15) is 0 Å². The lowest BCUT2D eigenvalue weighted by Gasteiger charge is -2.22. The van der Waals surface area contributed by atoms with Crippen molar-refractivity contribution in [3.8, 4) is 0 Å². The molecule has 2 nitrogen and oxygen atoms in total. The first-order chi connectivity index (χ1) is 7.03. The quantitative estimate of drug-likeness (QED) is 0.777. The van der Waals surface area contributed by atoms with Crippen molar-refractivity contribution in [2.75, 3.05) is 18.4 Å². The Morgan fingerprint density at radius 1 is 1.20 bits per heavy atom. The van der Waals surface area contributed by atoms with Crippen molar-refractivity contribution in [2.45, 2.75) is 27.2 Å². The second-order valence-electron chi connectivity index (χ2n) is 4.91. The van der Waals surface area contributed by atoms with Crippen LogP contribution in [0.25, 0.3) is 0 Å². The predicted octanol–water partition coefficient (Wildman–Crippen LogP) is 2.78. The average molecular weight is 206 g/mol. The van der Waals surface area contributed by atoms with Gasteiger partial charge < -0.3 is 11.1 Å². The molecule has 0 atom stereocenters. The SMILES string of the molecule is Cc1ccc(NCCC(C)(C)CN)cc1. The summed E-state index contributed by atoms with van der Waals surface area (Å²) in [4.78, 5) is 0. The fourth-order valence-electron chi connectivity index (χ4n) is 1.32. The van der Waals surface area contributed by atoms with Crippen LogP contribution in [0.15, 0.2) is 24.3 Å². The summed E-state index contributed by atoms with van der Waals surface area (Å²) in [6.07, 6.45) is 1.09. The molecule has 0 spiro atoms. The maximum absolute atomic E-state index is 5.68. The highest BCUT2D eigenvalue weighted by molar-refractivity contribution is 5.44. The summed E-state index contributed by atoms with van der Waals surface area (Å²) in [5.41, 5.74) is 8.39. The number of nitrogens with two attached hydrogens (primary N) is 1. The minimum absolute atomic E-state index is 0.234. The van der Waals surface area contributed by atoms with Crippen LogP contribution in [0, 0.1) is 12.3 Å². The van der Waals surface area contributed by atoms with Crippen LogP contribution >= 0.6 is 0 Å². The van der Waals surface area contributed by atoms with Gasteiger partial charge in [-0.2, -0.15) is 0 Å². The second-order valence-corrected chi connectivity index (χ2v) is 4.91. The summed E-state index contributed by atoms with van der Waals surface area (Å²) in [5.74, 6) is 0. The first-order valence-corrected chi connectivity index (χ1v) is 5.54. The van der Waals surface area contributed by atoms with Gasteiger partial charge in [-0.25, -0.2) is 0 Å². The van der Waals surface area contributed by atoms with E-state index in [4.69, 9.17) is 5.73 Å². The number of anilines is 1. The van der Waals surface area contributed by atoms with Gasteiger partial charge in [0.15, 0.2) is 0 Å². The zero-order valence-electron chi connectivity index (χ0n) is 10.0. The molecule has 0 bridgehead atoms. The van der Waals surface area contributed by atoms with Crippen LogP contribution in [0.4, 0.5) is 5.69 Å². The van der Waals surface area contributed by atoms with Crippen molar-refractivity contribution in [2.24, 2.45) is 11.1 Å². The Bertz CT molecular complexity index is 288. The molecule has 0 aliphatic heterocycles. The number of benzene rings is 1. The van der Waals surface area contributed by atoms with E-state index in [1.807, 2.05) is 0 Å². The Kier molecular flexibility index (Phi) is 4.15. The van der Waals surface area contributed by atoms with E-state index in [1.54, 1.807) is 0 Å². The highest BCUT2D eigenvalue weighted by atomic mass is 14.9. The maximum Gasteiger partial charge on any atom is 0.0340 e. The third-order valence-corrected chi connectivity index (χ3v) is 2.74. The first kappa shape index (κ1) is 12.1. The van der Waals surface area contributed by atoms with Crippen LogP contribution in [-0.4, -0.2) is 13.1 Å². The molecule has 84 valence electrons. The van der Waals surface area contributed by atoms with Gasteiger partial charge >= 0.3 is 0 Å². The molecule has 3 N–H and O–H groups in total. The molecule has 15 heavy (non-hydrogen) atoms. The fourth-order valence-corrected chi connectivity index (χ4v) is 1.32. The number of aryl methyl sites for hydroxylation is 1. The molecule has 0 amide bonds. The largest absolute Gasteiger partial charge is 0.385 e. The molecule has 2 heteroatoms. The third kappa shape index (κ3) is 4.34. The second kappa shape index (κ2) is 5.17. The normalized spacial score (nSPS) is 11.5. The molecular formula is C13H22N2. The standard InChI is InChI=1S/C13H22N2/c1-11-4-6-12(7-5-11)15-9-8-13(2,3)10-14/h4-7,15H,8-10,14H2,1-3H3. The van der Waals surface area contributed by atoms with Gasteiger partial charge in [-0.15, -0.1) is 0 Å². The Hall–Kier alpha value is -1.02. The van der Waals surface area contributed by atoms with Crippen molar-refractivity contribution in [1.29, 1.82) is 0 Å². The minimum Gasteiger partial charge on any atom is -0.385 e. The van der Waals surface area contributed by atoms with E-state index in [2.05, 4.69) is 50.4 Å². The van der Waals surface area contributed by atoms with Gasteiger partial charge in [-0.05, 0) is 37.4 Å². The topological polar surface area (TPSA) is 38.0 Å². The molecule has 0 aliphatic rings. The van der Waals surface area contributed by atoms with Gasteiger partial charge in [0.05, 0.1) is 0 Å². The lowest BCUT2D eigenvalue weighted by Crippen LogP contribution is -2.26. The molecule has 0 aromatic heterocycles. The zero-order valence-corrected chi connectivity index (χ0v) is 10.0. The van der Waals surface area contributed by atoms with E-state index in [1.165, 1.54) is 11.3 Å². The van der Waals surface area contributed by atoms with Crippen LogP contribution in [0.2, 0.25) is 0 Å². The van der Waals surface area contributed by atoms with Gasteiger partial charge in [-0.1, -0.05) is 31.5 Å². The monoisotopic (exact) mass is 206 g/mol. The van der Waals surface area contributed by atoms with Gasteiger partial charge in [0.25, 0.3) is 0 Å². The summed E-state index contributed by atoms with van der Waals surface area (Å²) in [5, 5.41) is 3.41.